The van der Waals surface area contributed by atoms with Crippen LogP contribution in [0.1, 0.15) is 20.3 Å². The zero-order valence-electron chi connectivity index (χ0n) is 16.2. The molecular formula is C20H23N3O5. The van der Waals surface area contributed by atoms with Crippen LogP contribution in [0.25, 0.3) is 22.1 Å². The molecule has 0 bridgehead atoms. The van der Waals surface area contributed by atoms with E-state index in [1.807, 2.05) is 32.0 Å². The fourth-order valence-electron chi connectivity index (χ4n) is 3.06. The Balaban J connectivity index is 1.85. The van der Waals surface area contributed by atoms with Gasteiger partial charge in [0.1, 0.15) is 17.6 Å². The lowest BCUT2D eigenvalue weighted by atomic mass is 10.2. The monoisotopic (exact) mass is 385 g/mol. The van der Waals surface area contributed by atoms with Crippen LogP contribution in [-0.4, -0.2) is 46.5 Å². The largest absolute Gasteiger partial charge is 0.469 e. The highest BCUT2D eigenvalue weighted by molar-refractivity contribution is 6.01. The maximum Gasteiger partial charge on any atom is 0.307 e. The van der Waals surface area contributed by atoms with Crippen LogP contribution in [0, 0.1) is 5.92 Å². The minimum absolute atomic E-state index is 0.102. The lowest BCUT2D eigenvalue weighted by Gasteiger charge is -2.24. The van der Waals surface area contributed by atoms with Crippen LogP contribution in [0.2, 0.25) is 0 Å². The first-order chi connectivity index (χ1) is 13.4. The van der Waals surface area contributed by atoms with Crippen molar-refractivity contribution < 1.29 is 18.7 Å². The van der Waals surface area contributed by atoms with Gasteiger partial charge in [-0.1, -0.05) is 26.0 Å². The van der Waals surface area contributed by atoms with E-state index in [1.54, 1.807) is 11.0 Å². The predicted molar refractivity (Wildman–Crippen MR) is 104 cm³/mol. The van der Waals surface area contributed by atoms with E-state index in [2.05, 4.69) is 9.72 Å². The number of aromatic nitrogens is 2. The van der Waals surface area contributed by atoms with Gasteiger partial charge in [-0.25, -0.2) is 4.98 Å². The predicted octanol–water partition coefficient (Wildman–Crippen LogP) is 2.19. The second kappa shape index (κ2) is 8.24. The number of methoxy groups -OCH3 is 1. The highest BCUT2D eigenvalue weighted by Gasteiger charge is 2.19. The Bertz CT molecular complexity index is 1070. The Morgan fingerprint density at radius 3 is 2.75 bits per heavy atom. The van der Waals surface area contributed by atoms with Crippen LogP contribution in [0.3, 0.4) is 0 Å². The molecule has 2 heterocycles. The molecule has 0 aliphatic rings. The summed E-state index contributed by atoms with van der Waals surface area (Å²) in [4.78, 5) is 42.9. The molecule has 0 spiro atoms. The number of hydrogen-bond acceptors (Lipinski definition) is 6. The van der Waals surface area contributed by atoms with Gasteiger partial charge in [0, 0.05) is 18.5 Å². The molecule has 0 aliphatic carbocycles. The van der Waals surface area contributed by atoms with Crippen LogP contribution >= 0.6 is 0 Å². The molecule has 1 aromatic carbocycles. The molecule has 8 nitrogen and oxygen atoms in total. The van der Waals surface area contributed by atoms with Crippen molar-refractivity contribution >= 4 is 33.9 Å². The molecule has 0 saturated heterocycles. The van der Waals surface area contributed by atoms with Gasteiger partial charge in [-0.15, -0.1) is 0 Å². The zero-order chi connectivity index (χ0) is 20.3. The van der Waals surface area contributed by atoms with E-state index in [0.717, 1.165) is 5.39 Å². The van der Waals surface area contributed by atoms with E-state index in [4.69, 9.17) is 4.42 Å². The van der Waals surface area contributed by atoms with Crippen molar-refractivity contribution in [3.63, 3.8) is 0 Å². The average molecular weight is 385 g/mol. The standard InChI is InChI=1S/C20H23N3O5/c1-13(2)10-22(9-8-17(25)27-3)16(24)11-23-12-21-18-14-6-4-5-7-15(14)28-19(18)20(23)26/h4-7,12-13H,8-11H2,1-3H3. The minimum Gasteiger partial charge on any atom is -0.469 e. The van der Waals surface area contributed by atoms with E-state index in [-0.39, 0.29) is 42.9 Å². The molecule has 0 saturated carbocycles. The zero-order valence-corrected chi connectivity index (χ0v) is 16.2. The van der Waals surface area contributed by atoms with Gasteiger partial charge in [0.15, 0.2) is 0 Å². The first kappa shape index (κ1) is 19.6. The van der Waals surface area contributed by atoms with Gasteiger partial charge in [0.2, 0.25) is 11.5 Å². The summed E-state index contributed by atoms with van der Waals surface area (Å²) in [5.41, 5.74) is 0.771. The number of para-hydroxylation sites is 1. The lowest BCUT2D eigenvalue weighted by molar-refractivity contribution is -0.142. The molecule has 8 heteroatoms. The molecule has 0 aliphatic heterocycles. The Morgan fingerprint density at radius 1 is 1.29 bits per heavy atom. The van der Waals surface area contributed by atoms with E-state index < -0.39 is 5.56 Å². The molecule has 0 atom stereocenters. The van der Waals surface area contributed by atoms with Crippen molar-refractivity contribution in [2.24, 2.45) is 5.92 Å². The first-order valence-corrected chi connectivity index (χ1v) is 9.12. The summed E-state index contributed by atoms with van der Waals surface area (Å²) >= 11 is 0. The fourth-order valence-corrected chi connectivity index (χ4v) is 3.06. The van der Waals surface area contributed by atoms with Crippen molar-refractivity contribution in [1.82, 2.24) is 14.5 Å². The van der Waals surface area contributed by atoms with E-state index in [1.165, 1.54) is 18.0 Å². The van der Waals surface area contributed by atoms with Gasteiger partial charge in [-0.3, -0.25) is 19.0 Å². The third kappa shape index (κ3) is 4.05. The normalized spacial score (nSPS) is 11.3. The topological polar surface area (TPSA) is 94.6 Å². The van der Waals surface area contributed by atoms with Crippen molar-refractivity contribution in [3.8, 4) is 0 Å². The SMILES string of the molecule is COC(=O)CCN(CC(C)C)C(=O)Cn1cnc2c(oc3ccccc32)c1=O. The van der Waals surface area contributed by atoms with Crippen molar-refractivity contribution in [3.05, 3.63) is 40.9 Å². The molecule has 0 radical (unpaired) electrons. The summed E-state index contributed by atoms with van der Waals surface area (Å²) in [5.74, 6) is -0.435. The quantitative estimate of drug-likeness (QED) is 0.579. The Hall–Kier alpha value is -3.16. The summed E-state index contributed by atoms with van der Waals surface area (Å²) in [5, 5.41) is 0.757. The smallest absolute Gasteiger partial charge is 0.307 e. The maximum absolute atomic E-state index is 12.8. The van der Waals surface area contributed by atoms with Crippen molar-refractivity contribution in [2.75, 3.05) is 20.2 Å². The van der Waals surface area contributed by atoms with Crippen LogP contribution in [-0.2, 0) is 20.9 Å². The summed E-state index contributed by atoms with van der Waals surface area (Å²) < 4.78 is 11.5. The molecule has 0 N–H and O–H groups in total. The lowest BCUT2D eigenvalue weighted by Crippen LogP contribution is -2.40. The maximum atomic E-state index is 12.8. The van der Waals surface area contributed by atoms with Crippen LogP contribution in [0.5, 0.6) is 0 Å². The van der Waals surface area contributed by atoms with Crippen LogP contribution in [0.4, 0.5) is 0 Å². The Kier molecular flexibility index (Phi) is 5.77. The van der Waals surface area contributed by atoms with E-state index in [0.29, 0.717) is 17.6 Å². The molecule has 2 aromatic heterocycles. The molecule has 3 rings (SSSR count). The van der Waals surface area contributed by atoms with Crippen LogP contribution < -0.4 is 5.56 Å². The van der Waals surface area contributed by atoms with Crippen molar-refractivity contribution in [2.45, 2.75) is 26.8 Å². The number of fused-ring (bicyclic) bond motifs is 3. The van der Waals surface area contributed by atoms with Gasteiger partial charge >= 0.3 is 5.97 Å². The highest BCUT2D eigenvalue weighted by Crippen LogP contribution is 2.24. The number of hydrogen-bond donors (Lipinski definition) is 0. The summed E-state index contributed by atoms with van der Waals surface area (Å²) in [7, 11) is 1.31. The van der Waals surface area contributed by atoms with E-state index in [9.17, 15) is 14.4 Å². The molecule has 0 fully saturated rings. The third-order valence-corrected chi connectivity index (χ3v) is 4.41. The van der Waals surface area contributed by atoms with Gasteiger partial charge in [0.05, 0.1) is 19.9 Å². The number of furan rings is 1. The first-order valence-electron chi connectivity index (χ1n) is 9.12. The van der Waals surface area contributed by atoms with Gasteiger partial charge in [-0.05, 0) is 18.1 Å². The Morgan fingerprint density at radius 2 is 2.04 bits per heavy atom. The number of nitrogens with zero attached hydrogens (tertiary/aromatic N) is 3. The minimum atomic E-state index is -0.410. The van der Waals surface area contributed by atoms with Gasteiger partial charge in [-0.2, -0.15) is 0 Å². The molecule has 28 heavy (non-hydrogen) atoms. The summed E-state index contributed by atoms with van der Waals surface area (Å²) in [6.45, 7) is 4.50. The van der Waals surface area contributed by atoms with Crippen molar-refractivity contribution in [1.29, 1.82) is 0 Å². The number of rotatable bonds is 7. The number of carbonyl (C=O) groups is 2. The molecular weight excluding hydrogens is 362 g/mol. The third-order valence-electron chi connectivity index (χ3n) is 4.41. The number of benzene rings is 1. The molecule has 0 unspecified atom stereocenters. The fraction of sp³-hybridized carbons (Fsp3) is 0.400. The second-order valence-corrected chi connectivity index (χ2v) is 7.01. The summed E-state index contributed by atoms with van der Waals surface area (Å²) in [6.07, 6.45) is 1.46. The highest BCUT2D eigenvalue weighted by atomic mass is 16.5. The summed E-state index contributed by atoms with van der Waals surface area (Å²) in [6, 6.07) is 7.26. The average Bonchev–Trinajstić information content (AvgIpc) is 3.06. The number of amides is 1. The number of ether oxygens (including phenoxy) is 1. The van der Waals surface area contributed by atoms with E-state index >= 15 is 0 Å². The number of esters is 1. The molecule has 3 aromatic rings. The molecule has 148 valence electrons. The van der Waals surface area contributed by atoms with Crippen LogP contribution in [0.15, 0.2) is 39.8 Å². The van der Waals surface area contributed by atoms with Gasteiger partial charge < -0.3 is 14.1 Å². The molecule has 1 amide bonds. The Labute approximate surface area is 161 Å². The van der Waals surface area contributed by atoms with Gasteiger partial charge in [0.25, 0.3) is 5.56 Å². The number of carbonyl (C=O) groups excluding carboxylic acids is 2. The second-order valence-electron chi connectivity index (χ2n) is 7.01.